The van der Waals surface area contributed by atoms with E-state index in [0.717, 1.165) is 0 Å². The second-order valence-electron chi connectivity index (χ2n) is 4.03. The van der Waals surface area contributed by atoms with Crippen LogP contribution in [-0.4, -0.2) is 59.5 Å². The lowest BCUT2D eigenvalue weighted by Crippen LogP contribution is -2.44. The number of methoxy groups -OCH3 is 1. The summed E-state index contributed by atoms with van der Waals surface area (Å²) < 4.78 is 4.84. The number of rotatable bonds is 4. The lowest BCUT2D eigenvalue weighted by Gasteiger charge is -2.24. The predicted octanol–water partition coefficient (Wildman–Crippen LogP) is -0.457. The van der Waals surface area contributed by atoms with Crippen molar-refractivity contribution in [2.75, 3.05) is 26.8 Å². The second kappa shape index (κ2) is 4.25. The largest absolute Gasteiger partial charge is 0.480 e. The quantitative estimate of drug-likeness (QED) is 0.647. The van der Waals surface area contributed by atoms with Gasteiger partial charge in [-0.1, -0.05) is 0 Å². The van der Waals surface area contributed by atoms with Crippen molar-refractivity contribution in [3.63, 3.8) is 0 Å². The van der Waals surface area contributed by atoms with E-state index in [4.69, 9.17) is 9.84 Å². The number of aliphatic hydroxyl groups is 1. The summed E-state index contributed by atoms with van der Waals surface area (Å²) in [5.41, 5.74) is -0.762. The summed E-state index contributed by atoms with van der Waals surface area (Å²) in [4.78, 5) is 12.6. The van der Waals surface area contributed by atoms with Crippen LogP contribution in [0, 0.1) is 0 Å². The first-order chi connectivity index (χ1) is 6.46. The van der Waals surface area contributed by atoms with Crippen LogP contribution in [0.1, 0.15) is 13.3 Å². The number of aliphatic carboxylic acids is 1. The van der Waals surface area contributed by atoms with E-state index >= 15 is 0 Å². The van der Waals surface area contributed by atoms with Crippen LogP contribution in [0.4, 0.5) is 0 Å². The Balaban J connectivity index is 2.58. The van der Waals surface area contributed by atoms with Crippen molar-refractivity contribution in [1.29, 1.82) is 0 Å². The minimum Gasteiger partial charge on any atom is -0.480 e. The molecule has 2 N–H and O–H groups in total. The molecule has 1 heterocycles. The molecule has 1 rings (SSSR count). The van der Waals surface area contributed by atoms with Crippen molar-refractivity contribution >= 4 is 5.97 Å². The number of β-amino-alcohol motifs (C(OH)–C–C–N with tert-alkyl or cyclic N) is 1. The van der Waals surface area contributed by atoms with Gasteiger partial charge in [0.05, 0.1) is 12.2 Å². The molecule has 0 aromatic heterocycles. The van der Waals surface area contributed by atoms with E-state index in [1.54, 1.807) is 11.8 Å². The Morgan fingerprint density at radius 3 is 2.71 bits per heavy atom. The number of hydrogen-bond acceptors (Lipinski definition) is 4. The smallest absolute Gasteiger partial charge is 0.323 e. The molecule has 2 atom stereocenters. The van der Waals surface area contributed by atoms with Crippen LogP contribution in [0.15, 0.2) is 0 Å². The van der Waals surface area contributed by atoms with Gasteiger partial charge >= 0.3 is 5.97 Å². The maximum Gasteiger partial charge on any atom is 0.323 e. The Hall–Kier alpha value is -0.650. The Morgan fingerprint density at radius 1 is 1.71 bits per heavy atom. The van der Waals surface area contributed by atoms with Crippen molar-refractivity contribution < 1.29 is 19.7 Å². The molecule has 0 radical (unpaired) electrons. The molecular formula is C9H17NO4. The first kappa shape index (κ1) is 11.4. The summed E-state index contributed by atoms with van der Waals surface area (Å²) in [7, 11) is 1.48. The van der Waals surface area contributed by atoms with Crippen molar-refractivity contribution in [2.24, 2.45) is 0 Å². The average Bonchev–Trinajstić information content (AvgIpc) is 2.41. The highest BCUT2D eigenvalue weighted by molar-refractivity contribution is 5.73. The van der Waals surface area contributed by atoms with E-state index in [1.807, 2.05) is 0 Å². The SMILES string of the molecule is COCC(C(=O)O)N1CCC(C)(O)C1. The summed E-state index contributed by atoms with van der Waals surface area (Å²) in [5, 5.41) is 18.6. The van der Waals surface area contributed by atoms with Gasteiger partial charge in [0.1, 0.15) is 6.04 Å². The molecule has 0 saturated carbocycles. The van der Waals surface area contributed by atoms with Crippen molar-refractivity contribution in [3.8, 4) is 0 Å². The first-order valence-corrected chi connectivity index (χ1v) is 4.64. The van der Waals surface area contributed by atoms with Crippen LogP contribution in [0.25, 0.3) is 0 Å². The Morgan fingerprint density at radius 2 is 2.36 bits per heavy atom. The highest BCUT2D eigenvalue weighted by Crippen LogP contribution is 2.22. The van der Waals surface area contributed by atoms with E-state index in [0.29, 0.717) is 19.5 Å². The molecule has 0 aliphatic carbocycles. The van der Waals surface area contributed by atoms with Gasteiger partial charge in [-0.3, -0.25) is 9.69 Å². The molecule has 0 aromatic carbocycles. The second-order valence-corrected chi connectivity index (χ2v) is 4.03. The van der Waals surface area contributed by atoms with Gasteiger partial charge in [-0.25, -0.2) is 0 Å². The third-order valence-electron chi connectivity index (χ3n) is 2.53. The van der Waals surface area contributed by atoms with E-state index in [9.17, 15) is 9.90 Å². The Labute approximate surface area is 83.3 Å². The molecule has 2 unspecified atom stereocenters. The van der Waals surface area contributed by atoms with E-state index in [1.165, 1.54) is 7.11 Å². The number of carbonyl (C=O) groups is 1. The van der Waals surface area contributed by atoms with Gasteiger partial charge in [0.2, 0.25) is 0 Å². The maximum absolute atomic E-state index is 10.9. The zero-order valence-electron chi connectivity index (χ0n) is 8.56. The number of carboxylic acid groups (broad SMARTS) is 1. The summed E-state index contributed by atoms with van der Waals surface area (Å²) in [6.07, 6.45) is 0.612. The molecule has 5 heteroatoms. The molecule has 1 aliphatic rings. The van der Waals surface area contributed by atoms with Gasteiger partial charge in [-0.2, -0.15) is 0 Å². The fourth-order valence-electron chi connectivity index (χ4n) is 1.74. The predicted molar refractivity (Wildman–Crippen MR) is 50.1 cm³/mol. The number of hydrogen-bond donors (Lipinski definition) is 2. The minimum absolute atomic E-state index is 0.158. The summed E-state index contributed by atoms with van der Waals surface area (Å²) in [5.74, 6) is -0.899. The highest BCUT2D eigenvalue weighted by Gasteiger charge is 2.37. The molecule has 82 valence electrons. The van der Waals surface area contributed by atoms with Crippen LogP contribution in [0.5, 0.6) is 0 Å². The van der Waals surface area contributed by atoms with Crippen molar-refractivity contribution in [3.05, 3.63) is 0 Å². The molecule has 0 bridgehead atoms. The van der Waals surface area contributed by atoms with Gasteiger partial charge in [-0.15, -0.1) is 0 Å². The maximum atomic E-state index is 10.9. The highest BCUT2D eigenvalue weighted by atomic mass is 16.5. The lowest BCUT2D eigenvalue weighted by atomic mass is 10.1. The molecule has 5 nitrogen and oxygen atoms in total. The molecule has 0 aromatic rings. The van der Waals surface area contributed by atoms with Gasteiger partial charge in [-0.05, 0) is 13.3 Å². The zero-order chi connectivity index (χ0) is 10.8. The van der Waals surface area contributed by atoms with Crippen molar-refractivity contribution in [2.45, 2.75) is 25.0 Å². The van der Waals surface area contributed by atoms with Gasteiger partial charge in [0, 0.05) is 20.2 Å². The third kappa shape index (κ3) is 2.67. The van der Waals surface area contributed by atoms with E-state index in [2.05, 4.69) is 0 Å². The van der Waals surface area contributed by atoms with E-state index in [-0.39, 0.29) is 6.61 Å². The summed E-state index contributed by atoms with van der Waals surface area (Å²) in [6.45, 7) is 2.88. The minimum atomic E-state index is -0.899. The fraction of sp³-hybridized carbons (Fsp3) is 0.889. The summed E-state index contributed by atoms with van der Waals surface area (Å²) in [6, 6.07) is -0.644. The molecule has 0 amide bonds. The van der Waals surface area contributed by atoms with E-state index < -0.39 is 17.6 Å². The number of nitrogens with zero attached hydrogens (tertiary/aromatic N) is 1. The van der Waals surface area contributed by atoms with Gasteiger partial charge in [0.25, 0.3) is 0 Å². The molecular weight excluding hydrogens is 186 g/mol. The molecule has 14 heavy (non-hydrogen) atoms. The zero-order valence-corrected chi connectivity index (χ0v) is 8.56. The summed E-state index contributed by atoms with van der Waals surface area (Å²) >= 11 is 0. The first-order valence-electron chi connectivity index (χ1n) is 4.64. The third-order valence-corrected chi connectivity index (χ3v) is 2.53. The van der Waals surface area contributed by atoms with Crippen LogP contribution in [0.2, 0.25) is 0 Å². The van der Waals surface area contributed by atoms with Gasteiger partial charge in [0.15, 0.2) is 0 Å². The average molecular weight is 203 g/mol. The lowest BCUT2D eigenvalue weighted by molar-refractivity contribution is -0.145. The fourth-order valence-corrected chi connectivity index (χ4v) is 1.74. The number of carboxylic acids is 1. The molecule has 1 saturated heterocycles. The monoisotopic (exact) mass is 203 g/mol. The van der Waals surface area contributed by atoms with Crippen LogP contribution in [-0.2, 0) is 9.53 Å². The van der Waals surface area contributed by atoms with Crippen LogP contribution >= 0.6 is 0 Å². The molecule has 1 aliphatic heterocycles. The topological polar surface area (TPSA) is 70.0 Å². The van der Waals surface area contributed by atoms with Gasteiger partial charge < -0.3 is 14.9 Å². The standard InChI is InChI=1S/C9H17NO4/c1-9(13)3-4-10(6-9)7(5-14-2)8(11)12/h7,13H,3-6H2,1-2H3,(H,11,12). The molecule has 0 spiro atoms. The van der Waals surface area contributed by atoms with Crippen LogP contribution in [0.3, 0.4) is 0 Å². The molecule has 1 fully saturated rings. The van der Waals surface area contributed by atoms with Crippen molar-refractivity contribution in [1.82, 2.24) is 4.90 Å². The Kier molecular flexibility index (Phi) is 3.47. The normalized spacial score (nSPS) is 30.5. The number of ether oxygens (including phenoxy) is 1. The Bertz CT molecular complexity index is 217. The van der Waals surface area contributed by atoms with Crippen LogP contribution < -0.4 is 0 Å². The number of likely N-dealkylation sites (tertiary alicyclic amines) is 1.